The van der Waals surface area contributed by atoms with Crippen molar-refractivity contribution in [2.45, 2.75) is 20.3 Å². The van der Waals surface area contributed by atoms with Gasteiger partial charge < -0.3 is 10.1 Å². The molecule has 1 amide bonds. The first-order valence-corrected chi connectivity index (χ1v) is 3.82. The van der Waals surface area contributed by atoms with Gasteiger partial charge in [-0.25, -0.2) is 0 Å². The van der Waals surface area contributed by atoms with E-state index < -0.39 is 0 Å². The first-order valence-electron chi connectivity index (χ1n) is 3.82. The Kier molecular flexibility index (Phi) is 5.25. The molecule has 0 fully saturated rings. The molecule has 0 aromatic heterocycles. The Balaban J connectivity index is 3.56. The third-order valence-electron chi connectivity index (χ3n) is 1.11. The van der Waals surface area contributed by atoms with Gasteiger partial charge in [-0.2, -0.15) is 0 Å². The number of ether oxygens (including phenoxy) is 1. The normalized spacial score (nSPS) is 8.91. The van der Waals surface area contributed by atoms with Crippen LogP contribution < -0.4 is 5.32 Å². The van der Waals surface area contributed by atoms with Crippen molar-refractivity contribution < 1.29 is 9.53 Å². The van der Waals surface area contributed by atoms with Gasteiger partial charge >= 0.3 is 0 Å². The van der Waals surface area contributed by atoms with Crippen molar-refractivity contribution in [3.8, 4) is 0 Å². The van der Waals surface area contributed by atoms with Gasteiger partial charge in [0, 0.05) is 6.54 Å². The molecule has 0 rings (SSSR count). The Hall–Kier alpha value is -0.990. The van der Waals surface area contributed by atoms with Crippen LogP contribution in [-0.4, -0.2) is 19.1 Å². The summed E-state index contributed by atoms with van der Waals surface area (Å²) in [4.78, 5) is 11.0. The second kappa shape index (κ2) is 5.77. The molecular formula is C8H15NO2. The van der Waals surface area contributed by atoms with E-state index in [9.17, 15) is 4.79 Å². The lowest BCUT2D eigenvalue weighted by Gasteiger charge is -2.06. The van der Waals surface area contributed by atoms with Crippen LogP contribution in [0, 0.1) is 0 Å². The van der Waals surface area contributed by atoms with E-state index in [-0.39, 0.29) is 11.7 Å². The molecule has 0 saturated carbocycles. The maximum atomic E-state index is 11.0. The van der Waals surface area contributed by atoms with Gasteiger partial charge in [-0.05, 0) is 13.3 Å². The summed E-state index contributed by atoms with van der Waals surface area (Å²) >= 11 is 0. The van der Waals surface area contributed by atoms with Crippen LogP contribution in [0.5, 0.6) is 0 Å². The van der Waals surface area contributed by atoms with Gasteiger partial charge in [0.25, 0.3) is 5.91 Å². The molecule has 0 atom stereocenters. The smallest absolute Gasteiger partial charge is 0.285 e. The molecule has 0 aliphatic heterocycles. The molecule has 3 nitrogen and oxygen atoms in total. The predicted octanol–water partition coefficient (Wildman–Crippen LogP) is 1.06. The van der Waals surface area contributed by atoms with E-state index in [1.54, 1.807) is 0 Å². The van der Waals surface area contributed by atoms with E-state index in [0.29, 0.717) is 13.2 Å². The minimum Gasteiger partial charge on any atom is -0.489 e. The number of carbonyl (C=O) groups is 1. The Morgan fingerprint density at radius 2 is 2.18 bits per heavy atom. The summed E-state index contributed by atoms with van der Waals surface area (Å²) in [6.07, 6.45) is 0.922. The maximum absolute atomic E-state index is 11.0. The first-order chi connectivity index (χ1) is 5.22. The van der Waals surface area contributed by atoms with Crippen LogP contribution in [0.2, 0.25) is 0 Å². The van der Waals surface area contributed by atoms with E-state index >= 15 is 0 Å². The predicted molar refractivity (Wildman–Crippen MR) is 44.1 cm³/mol. The summed E-state index contributed by atoms with van der Waals surface area (Å²) in [5.41, 5.74) is 0. The average Bonchev–Trinajstić information content (AvgIpc) is 2.00. The monoisotopic (exact) mass is 157 g/mol. The molecule has 0 aliphatic rings. The first kappa shape index (κ1) is 10.0. The zero-order valence-corrected chi connectivity index (χ0v) is 7.14. The van der Waals surface area contributed by atoms with Crippen LogP contribution in [0.3, 0.4) is 0 Å². The zero-order chi connectivity index (χ0) is 8.69. The third kappa shape index (κ3) is 4.42. The number of hydrogen-bond acceptors (Lipinski definition) is 2. The molecule has 3 heteroatoms. The van der Waals surface area contributed by atoms with Crippen molar-refractivity contribution in [1.29, 1.82) is 0 Å². The highest BCUT2D eigenvalue weighted by molar-refractivity contribution is 5.90. The second-order valence-electron chi connectivity index (χ2n) is 2.11. The highest BCUT2D eigenvalue weighted by Gasteiger charge is 2.04. The Morgan fingerprint density at radius 1 is 1.55 bits per heavy atom. The van der Waals surface area contributed by atoms with E-state index in [1.807, 2.05) is 13.8 Å². The molecule has 0 aliphatic carbocycles. The topological polar surface area (TPSA) is 38.3 Å². The highest BCUT2D eigenvalue weighted by Crippen LogP contribution is 1.91. The van der Waals surface area contributed by atoms with E-state index in [0.717, 1.165) is 6.42 Å². The van der Waals surface area contributed by atoms with Gasteiger partial charge in [-0.3, -0.25) is 4.79 Å². The van der Waals surface area contributed by atoms with Crippen molar-refractivity contribution in [1.82, 2.24) is 5.32 Å². The van der Waals surface area contributed by atoms with E-state index in [1.165, 1.54) is 0 Å². The zero-order valence-electron chi connectivity index (χ0n) is 7.14. The van der Waals surface area contributed by atoms with Crippen molar-refractivity contribution in [3.05, 3.63) is 12.3 Å². The highest BCUT2D eigenvalue weighted by atomic mass is 16.5. The molecule has 0 saturated heterocycles. The summed E-state index contributed by atoms with van der Waals surface area (Å²) in [5, 5.41) is 2.65. The molecule has 0 unspecified atom stereocenters. The lowest BCUT2D eigenvalue weighted by Crippen LogP contribution is -2.26. The van der Waals surface area contributed by atoms with Crippen molar-refractivity contribution in [2.75, 3.05) is 13.2 Å². The fraction of sp³-hybridized carbons (Fsp3) is 0.625. The summed E-state index contributed by atoms with van der Waals surface area (Å²) in [7, 11) is 0. The quantitative estimate of drug-likeness (QED) is 0.478. The molecule has 64 valence electrons. The summed E-state index contributed by atoms with van der Waals surface area (Å²) in [5.74, 6) is -0.0188. The molecule has 0 aromatic carbocycles. The van der Waals surface area contributed by atoms with Gasteiger partial charge in [0.15, 0.2) is 5.76 Å². The standard InChI is InChI=1S/C8H15NO2/c1-4-6-9-8(10)7(3)11-5-2/h3-6H2,1-2H3,(H,9,10). The van der Waals surface area contributed by atoms with Crippen molar-refractivity contribution >= 4 is 5.91 Å². The molecule has 0 bridgehead atoms. The molecule has 11 heavy (non-hydrogen) atoms. The Bertz CT molecular complexity index is 143. The third-order valence-corrected chi connectivity index (χ3v) is 1.11. The van der Waals surface area contributed by atoms with Crippen LogP contribution in [-0.2, 0) is 9.53 Å². The number of hydrogen-bond donors (Lipinski definition) is 1. The van der Waals surface area contributed by atoms with Crippen LogP contribution in [0.1, 0.15) is 20.3 Å². The number of carbonyl (C=O) groups excluding carboxylic acids is 1. The van der Waals surface area contributed by atoms with Gasteiger partial charge in [0.05, 0.1) is 6.61 Å². The van der Waals surface area contributed by atoms with Crippen molar-refractivity contribution in [3.63, 3.8) is 0 Å². The number of nitrogens with one attached hydrogen (secondary N) is 1. The lowest BCUT2D eigenvalue weighted by atomic mass is 10.4. The van der Waals surface area contributed by atoms with Crippen LogP contribution in [0.4, 0.5) is 0 Å². The largest absolute Gasteiger partial charge is 0.489 e. The minimum atomic E-state index is -0.214. The van der Waals surface area contributed by atoms with Crippen LogP contribution in [0.15, 0.2) is 12.3 Å². The lowest BCUT2D eigenvalue weighted by molar-refractivity contribution is -0.120. The second-order valence-corrected chi connectivity index (χ2v) is 2.11. The molecular weight excluding hydrogens is 142 g/mol. The van der Waals surface area contributed by atoms with Gasteiger partial charge in [0.2, 0.25) is 0 Å². The number of rotatable bonds is 5. The van der Waals surface area contributed by atoms with Gasteiger partial charge in [-0.1, -0.05) is 13.5 Å². The maximum Gasteiger partial charge on any atom is 0.285 e. The fourth-order valence-corrected chi connectivity index (χ4v) is 0.577. The number of amides is 1. The Labute approximate surface area is 67.4 Å². The van der Waals surface area contributed by atoms with Crippen LogP contribution >= 0.6 is 0 Å². The molecule has 1 N–H and O–H groups in total. The molecule has 0 heterocycles. The minimum absolute atomic E-state index is 0.195. The molecule has 0 radical (unpaired) electrons. The average molecular weight is 157 g/mol. The van der Waals surface area contributed by atoms with E-state index in [4.69, 9.17) is 4.74 Å². The summed E-state index contributed by atoms with van der Waals surface area (Å²) < 4.78 is 4.89. The fourth-order valence-electron chi connectivity index (χ4n) is 0.577. The molecule has 0 aromatic rings. The summed E-state index contributed by atoms with van der Waals surface area (Å²) in [6, 6.07) is 0. The SMILES string of the molecule is C=C(OCC)C(=O)NCCC. The Morgan fingerprint density at radius 3 is 2.64 bits per heavy atom. The van der Waals surface area contributed by atoms with Gasteiger partial charge in [0.1, 0.15) is 0 Å². The van der Waals surface area contributed by atoms with Crippen molar-refractivity contribution in [2.24, 2.45) is 0 Å². The van der Waals surface area contributed by atoms with E-state index in [2.05, 4.69) is 11.9 Å². The molecule has 0 spiro atoms. The van der Waals surface area contributed by atoms with Gasteiger partial charge in [-0.15, -0.1) is 0 Å². The van der Waals surface area contributed by atoms with Crippen LogP contribution in [0.25, 0.3) is 0 Å². The summed E-state index contributed by atoms with van der Waals surface area (Å²) in [6.45, 7) is 8.43.